The molecule has 0 unspecified atom stereocenters. The smallest absolute Gasteiger partial charge is 0.137 e. The van der Waals surface area contributed by atoms with Gasteiger partial charge in [-0.3, -0.25) is 0 Å². The Morgan fingerprint density at radius 1 is 1.11 bits per heavy atom. The number of aromatic nitrogens is 2. The summed E-state index contributed by atoms with van der Waals surface area (Å²) in [5.41, 5.74) is 3.50. The molecule has 3 rings (SSSR count). The number of nitrogens with one attached hydrogen (secondary N) is 1. The lowest BCUT2D eigenvalue weighted by Gasteiger charge is -2.15. The van der Waals surface area contributed by atoms with Gasteiger partial charge in [-0.1, -0.05) is 37.3 Å². The van der Waals surface area contributed by atoms with E-state index in [-0.39, 0.29) is 5.41 Å². The molecule has 1 heterocycles. The van der Waals surface area contributed by atoms with Crippen LogP contribution in [-0.2, 0) is 5.41 Å². The standard InChI is InChI=1S/C16H19N3/c1-11-13(12-7-5-4-6-8-12)18-15(16(2)9-10-16)19-14(11)17-3/h4-8H,9-10H2,1-3H3,(H,17,18,19). The molecule has 0 saturated heterocycles. The topological polar surface area (TPSA) is 37.8 Å². The summed E-state index contributed by atoms with van der Waals surface area (Å²) in [4.78, 5) is 9.52. The van der Waals surface area contributed by atoms with Gasteiger partial charge >= 0.3 is 0 Å². The van der Waals surface area contributed by atoms with Crippen LogP contribution >= 0.6 is 0 Å². The molecule has 0 atom stereocenters. The zero-order valence-electron chi connectivity index (χ0n) is 11.7. The first-order chi connectivity index (χ1) is 9.14. The van der Waals surface area contributed by atoms with Gasteiger partial charge in [0.05, 0.1) is 5.69 Å². The van der Waals surface area contributed by atoms with Crippen molar-refractivity contribution in [2.75, 3.05) is 12.4 Å². The van der Waals surface area contributed by atoms with Gasteiger partial charge in [0.1, 0.15) is 11.6 Å². The van der Waals surface area contributed by atoms with E-state index in [1.54, 1.807) is 0 Å². The van der Waals surface area contributed by atoms with Crippen molar-refractivity contribution in [1.29, 1.82) is 0 Å². The minimum Gasteiger partial charge on any atom is -0.373 e. The van der Waals surface area contributed by atoms with Crippen molar-refractivity contribution >= 4 is 5.82 Å². The van der Waals surface area contributed by atoms with E-state index in [0.29, 0.717) is 0 Å². The molecular weight excluding hydrogens is 234 g/mol. The molecule has 0 spiro atoms. The maximum absolute atomic E-state index is 4.83. The lowest BCUT2D eigenvalue weighted by Crippen LogP contribution is -2.11. The molecule has 3 heteroatoms. The summed E-state index contributed by atoms with van der Waals surface area (Å²) in [5.74, 6) is 1.92. The number of rotatable bonds is 3. The van der Waals surface area contributed by atoms with Crippen LogP contribution in [0.4, 0.5) is 5.82 Å². The lowest BCUT2D eigenvalue weighted by atomic mass is 10.0. The van der Waals surface area contributed by atoms with Crippen LogP contribution < -0.4 is 5.32 Å². The molecular formula is C16H19N3. The van der Waals surface area contributed by atoms with E-state index >= 15 is 0 Å². The molecule has 19 heavy (non-hydrogen) atoms. The average Bonchev–Trinajstić information content (AvgIpc) is 3.19. The first-order valence-electron chi connectivity index (χ1n) is 6.76. The maximum atomic E-state index is 4.83. The summed E-state index contributed by atoms with van der Waals surface area (Å²) in [6.45, 7) is 4.32. The highest BCUT2D eigenvalue weighted by Crippen LogP contribution is 2.47. The second-order valence-corrected chi connectivity index (χ2v) is 5.55. The Morgan fingerprint density at radius 3 is 2.37 bits per heavy atom. The van der Waals surface area contributed by atoms with Crippen LogP contribution in [-0.4, -0.2) is 17.0 Å². The molecule has 1 N–H and O–H groups in total. The minimum atomic E-state index is 0.183. The van der Waals surface area contributed by atoms with Gasteiger partial charge in [-0.25, -0.2) is 9.97 Å². The SMILES string of the molecule is CNc1nc(C2(C)CC2)nc(-c2ccccc2)c1C. The van der Waals surface area contributed by atoms with E-state index in [1.807, 2.05) is 13.1 Å². The van der Waals surface area contributed by atoms with Gasteiger partial charge in [-0.15, -0.1) is 0 Å². The fourth-order valence-electron chi connectivity index (χ4n) is 2.32. The maximum Gasteiger partial charge on any atom is 0.137 e. The first-order valence-corrected chi connectivity index (χ1v) is 6.76. The van der Waals surface area contributed by atoms with Crippen molar-refractivity contribution in [3.8, 4) is 11.3 Å². The predicted octanol–water partition coefficient (Wildman–Crippen LogP) is 3.55. The van der Waals surface area contributed by atoms with Crippen molar-refractivity contribution in [2.24, 2.45) is 0 Å². The third kappa shape index (κ3) is 2.09. The van der Waals surface area contributed by atoms with Gasteiger partial charge < -0.3 is 5.32 Å². The van der Waals surface area contributed by atoms with Crippen LogP contribution in [0.1, 0.15) is 31.2 Å². The van der Waals surface area contributed by atoms with Crippen LogP contribution in [0.5, 0.6) is 0 Å². The fraction of sp³-hybridized carbons (Fsp3) is 0.375. The highest BCUT2D eigenvalue weighted by Gasteiger charge is 2.42. The summed E-state index contributed by atoms with van der Waals surface area (Å²) < 4.78 is 0. The van der Waals surface area contributed by atoms with E-state index in [2.05, 4.69) is 48.4 Å². The van der Waals surface area contributed by atoms with E-state index < -0.39 is 0 Å². The molecule has 3 nitrogen and oxygen atoms in total. The van der Waals surface area contributed by atoms with Crippen molar-refractivity contribution < 1.29 is 0 Å². The van der Waals surface area contributed by atoms with Crippen LogP contribution in [0.2, 0.25) is 0 Å². The third-order valence-electron chi connectivity index (χ3n) is 3.97. The van der Waals surface area contributed by atoms with Crippen LogP contribution in [0.15, 0.2) is 30.3 Å². The number of anilines is 1. The van der Waals surface area contributed by atoms with Gasteiger partial charge in [-0.2, -0.15) is 0 Å². The molecule has 1 saturated carbocycles. The Morgan fingerprint density at radius 2 is 1.79 bits per heavy atom. The molecule has 1 aliphatic rings. The monoisotopic (exact) mass is 253 g/mol. The van der Waals surface area contributed by atoms with E-state index in [0.717, 1.165) is 28.5 Å². The van der Waals surface area contributed by atoms with Crippen molar-refractivity contribution in [1.82, 2.24) is 9.97 Å². The van der Waals surface area contributed by atoms with E-state index in [1.165, 1.54) is 12.8 Å². The molecule has 0 aliphatic heterocycles. The van der Waals surface area contributed by atoms with Gasteiger partial charge in [-0.05, 0) is 19.8 Å². The van der Waals surface area contributed by atoms with Crippen molar-refractivity contribution in [3.05, 3.63) is 41.7 Å². The molecule has 1 aromatic carbocycles. The second kappa shape index (κ2) is 4.34. The Bertz CT molecular complexity index is 601. The third-order valence-corrected chi connectivity index (χ3v) is 3.97. The summed E-state index contributed by atoms with van der Waals surface area (Å²) in [6, 6.07) is 10.3. The minimum absolute atomic E-state index is 0.183. The quantitative estimate of drug-likeness (QED) is 0.909. The molecule has 1 aromatic heterocycles. The first kappa shape index (κ1) is 12.2. The molecule has 0 radical (unpaired) electrons. The van der Waals surface area contributed by atoms with E-state index in [4.69, 9.17) is 4.98 Å². The zero-order chi connectivity index (χ0) is 13.5. The summed E-state index contributed by atoms with van der Waals surface area (Å²) in [7, 11) is 1.92. The summed E-state index contributed by atoms with van der Waals surface area (Å²) >= 11 is 0. The molecule has 0 bridgehead atoms. The van der Waals surface area contributed by atoms with Crippen LogP contribution in [0.3, 0.4) is 0 Å². The number of benzene rings is 1. The van der Waals surface area contributed by atoms with Gasteiger partial charge in [0.2, 0.25) is 0 Å². The highest BCUT2D eigenvalue weighted by atomic mass is 15.0. The molecule has 1 aliphatic carbocycles. The Labute approximate surface area is 114 Å². The number of nitrogens with zero attached hydrogens (tertiary/aromatic N) is 2. The van der Waals surface area contributed by atoms with Crippen molar-refractivity contribution in [2.45, 2.75) is 32.1 Å². The largest absolute Gasteiger partial charge is 0.373 e. The van der Waals surface area contributed by atoms with Gasteiger partial charge in [0, 0.05) is 23.6 Å². The second-order valence-electron chi connectivity index (χ2n) is 5.55. The Balaban J connectivity index is 2.18. The summed E-state index contributed by atoms with van der Waals surface area (Å²) in [5, 5.41) is 3.19. The normalized spacial score (nSPS) is 16.2. The Hall–Kier alpha value is -1.90. The zero-order valence-corrected chi connectivity index (χ0v) is 11.7. The predicted molar refractivity (Wildman–Crippen MR) is 78.3 cm³/mol. The average molecular weight is 253 g/mol. The molecule has 98 valence electrons. The van der Waals surface area contributed by atoms with E-state index in [9.17, 15) is 0 Å². The number of hydrogen-bond donors (Lipinski definition) is 1. The van der Waals surface area contributed by atoms with Crippen molar-refractivity contribution in [3.63, 3.8) is 0 Å². The number of hydrogen-bond acceptors (Lipinski definition) is 3. The molecule has 2 aromatic rings. The fourth-order valence-corrected chi connectivity index (χ4v) is 2.32. The molecule has 1 fully saturated rings. The van der Waals surface area contributed by atoms with Crippen LogP contribution in [0, 0.1) is 6.92 Å². The molecule has 0 amide bonds. The Kier molecular flexibility index (Phi) is 2.77. The highest BCUT2D eigenvalue weighted by molar-refractivity contribution is 5.68. The van der Waals surface area contributed by atoms with Gasteiger partial charge in [0.25, 0.3) is 0 Å². The lowest BCUT2D eigenvalue weighted by molar-refractivity contribution is 0.710. The van der Waals surface area contributed by atoms with Gasteiger partial charge in [0.15, 0.2) is 0 Å². The van der Waals surface area contributed by atoms with Crippen LogP contribution in [0.25, 0.3) is 11.3 Å². The summed E-state index contributed by atoms with van der Waals surface area (Å²) in [6.07, 6.45) is 2.38.